The largest absolute Gasteiger partial charge is 0.492 e. The Hall–Kier alpha value is -2.19. The highest BCUT2D eigenvalue weighted by molar-refractivity contribution is 5.87. The molecule has 0 unspecified atom stereocenters. The third-order valence-corrected chi connectivity index (χ3v) is 7.60. The minimum absolute atomic E-state index is 0.0149. The van der Waals surface area contributed by atoms with Crippen molar-refractivity contribution >= 4 is 12.0 Å². The van der Waals surface area contributed by atoms with Gasteiger partial charge >= 0.3 is 5.97 Å². The van der Waals surface area contributed by atoms with Gasteiger partial charge in [0, 0.05) is 19.7 Å². The molecule has 0 aromatic heterocycles. The van der Waals surface area contributed by atoms with Crippen molar-refractivity contribution in [2.24, 2.45) is 5.92 Å². The fraction of sp³-hybridized carbons (Fsp3) is 0.621. The van der Waals surface area contributed by atoms with Gasteiger partial charge in [-0.3, -0.25) is 0 Å². The van der Waals surface area contributed by atoms with E-state index in [0.29, 0.717) is 19.6 Å². The topological polar surface area (TPSA) is 73.1 Å². The molecular formula is C29H41NO6. The second-order valence-electron chi connectivity index (χ2n) is 10.9. The van der Waals surface area contributed by atoms with E-state index >= 15 is 0 Å². The molecule has 3 fully saturated rings. The molecule has 2 saturated heterocycles. The van der Waals surface area contributed by atoms with E-state index in [-0.39, 0.29) is 41.4 Å². The van der Waals surface area contributed by atoms with Crippen molar-refractivity contribution in [1.82, 2.24) is 4.90 Å². The first-order valence-electron chi connectivity index (χ1n) is 12.9. The Kier molecular flexibility index (Phi) is 8.25. The van der Waals surface area contributed by atoms with E-state index in [0.717, 1.165) is 30.7 Å². The molecule has 3 aliphatic rings. The molecule has 1 saturated carbocycles. The average molecular weight is 500 g/mol. The molecule has 2 aliphatic heterocycles. The van der Waals surface area contributed by atoms with Crippen molar-refractivity contribution in [3.63, 3.8) is 0 Å². The van der Waals surface area contributed by atoms with E-state index < -0.39 is 0 Å². The number of likely N-dealkylation sites (N-methyl/N-ethyl adjacent to an activating group) is 1. The second kappa shape index (κ2) is 11.1. The third-order valence-electron chi connectivity index (χ3n) is 7.60. The van der Waals surface area contributed by atoms with Gasteiger partial charge in [-0.05, 0) is 77.9 Å². The van der Waals surface area contributed by atoms with E-state index in [1.807, 2.05) is 38.4 Å². The highest BCUT2D eigenvalue weighted by Gasteiger charge is 2.72. The lowest BCUT2D eigenvalue weighted by molar-refractivity contribution is -0.166. The van der Waals surface area contributed by atoms with E-state index in [2.05, 4.69) is 31.7 Å². The first kappa shape index (κ1) is 26.9. The van der Waals surface area contributed by atoms with Crippen LogP contribution in [0.2, 0.25) is 0 Å². The van der Waals surface area contributed by atoms with Gasteiger partial charge in [0.15, 0.2) is 0 Å². The van der Waals surface area contributed by atoms with Crippen LogP contribution in [-0.2, 0) is 23.7 Å². The summed E-state index contributed by atoms with van der Waals surface area (Å²) in [6.45, 7) is 8.54. The van der Waals surface area contributed by atoms with Gasteiger partial charge in [-0.25, -0.2) is 4.79 Å². The van der Waals surface area contributed by atoms with Crippen molar-refractivity contribution in [3.05, 3.63) is 47.6 Å². The summed E-state index contributed by atoms with van der Waals surface area (Å²) >= 11 is 0. The van der Waals surface area contributed by atoms with Crippen LogP contribution in [0.15, 0.2) is 42.0 Å². The van der Waals surface area contributed by atoms with Crippen molar-refractivity contribution in [2.75, 3.05) is 41.0 Å². The Bertz CT molecular complexity index is 962. The highest BCUT2D eigenvalue weighted by atomic mass is 16.6. The second-order valence-corrected chi connectivity index (χ2v) is 10.9. The molecule has 0 amide bonds. The van der Waals surface area contributed by atoms with Gasteiger partial charge in [-0.15, -0.1) is 0 Å². The average Bonchev–Trinajstić information content (AvgIpc) is 3.75. The molecule has 1 spiro atoms. The number of esters is 1. The number of epoxide rings is 2. The minimum atomic E-state index is -0.372. The zero-order valence-electron chi connectivity index (χ0n) is 22.5. The van der Waals surface area contributed by atoms with Crippen LogP contribution in [-0.4, -0.2) is 81.3 Å². The van der Waals surface area contributed by atoms with Gasteiger partial charge in [0.1, 0.15) is 35.8 Å². The van der Waals surface area contributed by atoms with Crippen LogP contribution >= 0.6 is 0 Å². The molecule has 1 aromatic rings. The lowest BCUT2D eigenvalue weighted by Crippen LogP contribution is -2.55. The molecule has 1 aliphatic carbocycles. The fourth-order valence-electron chi connectivity index (χ4n) is 5.44. The predicted octanol–water partition coefficient (Wildman–Crippen LogP) is 4.26. The van der Waals surface area contributed by atoms with Crippen LogP contribution in [0.4, 0.5) is 0 Å². The van der Waals surface area contributed by atoms with Gasteiger partial charge in [0.2, 0.25) is 0 Å². The molecule has 0 radical (unpaired) electrons. The summed E-state index contributed by atoms with van der Waals surface area (Å²) in [5.74, 6) is 0.450. The van der Waals surface area contributed by atoms with Crippen molar-refractivity contribution in [3.8, 4) is 5.75 Å². The summed E-state index contributed by atoms with van der Waals surface area (Å²) in [5, 5.41) is 0. The molecule has 1 aromatic carbocycles. The number of carbonyl (C=O) groups excluding carboxylic acids is 1. The Morgan fingerprint density at radius 2 is 1.94 bits per heavy atom. The molecular weight excluding hydrogens is 458 g/mol. The lowest BCUT2D eigenvalue weighted by atomic mass is 9.68. The van der Waals surface area contributed by atoms with Crippen LogP contribution in [0, 0.1) is 5.92 Å². The summed E-state index contributed by atoms with van der Waals surface area (Å²) < 4.78 is 29.8. The van der Waals surface area contributed by atoms with Crippen molar-refractivity contribution < 1.29 is 28.5 Å². The standard InChI is InChI=1S/C29H41NO6/c1-20(2)7-13-24-28(3,36-24)27-26(32-6)23(15-16-29(27)19-34-29)35-25(31)14-10-21-8-11-22(12-9-21)33-18-17-30(4)5/h7-12,14,23-24,26-27H,13,15-19H2,1-6H3/b14-10-/t23-,24-,26-,27-,28+,29+/m1/s1. The van der Waals surface area contributed by atoms with Gasteiger partial charge in [0.25, 0.3) is 0 Å². The Labute approximate surface area is 215 Å². The first-order valence-corrected chi connectivity index (χ1v) is 12.9. The maximum absolute atomic E-state index is 12.7. The minimum Gasteiger partial charge on any atom is -0.492 e. The normalized spacial score (nSPS) is 33.1. The quantitative estimate of drug-likeness (QED) is 0.195. The predicted molar refractivity (Wildman–Crippen MR) is 139 cm³/mol. The molecule has 7 nitrogen and oxygen atoms in total. The van der Waals surface area contributed by atoms with E-state index in [9.17, 15) is 4.79 Å². The number of allylic oxidation sites excluding steroid dienone is 1. The monoisotopic (exact) mass is 499 g/mol. The number of carbonyl (C=O) groups is 1. The summed E-state index contributed by atoms with van der Waals surface area (Å²) in [4.78, 5) is 14.8. The number of hydrogen-bond acceptors (Lipinski definition) is 7. The molecule has 198 valence electrons. The number of ether oxygens (including phenoxy) is 5. The molecule has 0 bridgehead atoms. The van der Waals surface area contributed by atoms with Crippen molar-refractivity contribution in [2.45, 2.75) is 69.5 Å². The Balaban J connectivity index is 1.36. The number of methoxy groups -OCH3 is 1. The van der Waals surface area contributed by atoms with Gasteiger partial charge in [-0.2, -0.15) is 0 Å². The van der Waals surface area contributed by atoms with Gasteiger partial charge < -0.3 is 28.6 Å². The van der Waals surface area contributed by atoms with Crippen LogP contribution in [0.3, 0.4) is 0 Å². The fourth-order valence-corrected chi connectivity index (χ4v) is 5.44. The summed E-state index contributed by atoms with van der Waals surface area (Å²) in [7, 11) is 5.72. The summed E-state index contributed by atoms with van der Waals surface area (Å²) in [6.07, 6.45) is 7.38. The molecule has 2 heterocycles. The number of hydrogen-bond donors (Lipinski definition) is 0. The van der Waals surface area contributed by atoms with E-state index in [1.165, 1.54) is 11.6 Å². The van der Waals surface area contributed by atoms with E-state index in [1.54, 1.807) is 13.2 Å². The molecule has 4 rings (SSSR count). The zero-order valence-corrected chi connectivity index (χ0v) is 22.5. The molecule has 36 heavy (non-hydrogen) atoms. The Morgan fingerprint density at radius 3 is 2.56 bits per heavy atom. The number of benzene rings is 1. The maximum Gasteiger partial charge on any atom is 0.331 e. The summed E-state index contributed by atoms with van der Waals surface area (Å²) in [5.41, 5.74) is 1.61. The molecule has 0 N–H and O–H groups in total. The van der Waals surface area contributed by atoms with Crippen molar-refractivity contribution in [1.29, 1.82) is 0 Å². The SMILES string of the molecule is CO[C@@H]1[C@H](OC(=O)/C=C\c2ccc(OCCN(C)C)cc2)CC[C@]2(CO2)[C@H]1[C@@]1(C)O[C@@H]1CC=C(C)C. The lowest BCUT2D eigenvalue weighted by Gasteiger charge is -2.42. The summed E-state index contributed by atoms with van der Waals surface area (Å²) in [6, 6.07) is 7.67. The van der Waals surface area contributed by atoms with Crippen LogP contribution in [0.5, 0.6) is 5.75 Å². The molecule has 7 heteroatoms. The maximum atomic E-state index is 12.7. The van der Waals surface area contributed by atoms with Crippen LogP contribution < -0.4 is 4.74 Å². The molecule has 6 atom stereocenters. The first-order chi connectivity index (χ1) is 17.2. The third kappa shape index (κ3) is 6.20. The van der Waals surface area contributed by atoms with Crippen LogP contribution in [0.1, 0.15) is 45.6 Å². The van der Waals surface area contributed by atoms with Crippen LogP contribution in [0.25, 0.3) is 6.08 Å². The number of rotatable bonds is 11. The van der Waals surface area contributed by atoms with Gasteiger partial charge in [0.05, 0.1) is 18.6 Å². The van der Waals surface area contributed by atoms with Gasteiger partial charge in [-0.1, -0.05) is 23.8 Å². The Morgan fingerprint density at radius 1 is 1.22 bits per heavy atom. The smallest absolute Gasteiger partial charge is 0.331 e. The van der Waals surface area contributed by atoms with E-state index in [4.69, 9.17) is 23.7 Å². The highest BCUT2D eigenvalue weighted by Crippen LogP contribution is 2.59. The zero-order chi connectivity index (χ0) is 25.9. The number of nitrogens with zero attached hydrogens (tertiary/aromatic N) is 1.